The second-order valence-electron chi connectivity index (χ2n) is 6.17. The molecule has 2 aromatic rings. The van der Waals surface area contributed by atoms with Gasteiger partial charge in [0.25, 0.3) is 0 Å². The van der Waals surface area contributed by atoms with Crippen LogP contribution in [0.1, 0.15) is 34.6 Å². The van der Waals surface area contributed by atoms with Gasteiger partial charge in [-0.1, -0.05) is 12.1 Å². The molecular formula is C19H21ClN2O6. The van der Waals surface area contributed by atoms with E-state index in [4.69, 9.17) is 16.3 Å². The Morgan fingerprint density at radius 1 is 1.21 bits per heavy atom. The van der Waals surface area contributed by atoms with Gasteiger partial charge >= 0.3 is 12.1 Å². The molecule has 28 heavy (non-hydrogen) atoms. The number of alkyl carbamates (subject to hydrolysis) is 1. The minimum absolute atomic E-state index is 0.0556. The molecule has 1 atom stereocenters. The molecule has 0 bridgehead atoms. The van der Waals surface area contributed by atoms with Gasteiger partial charge in [0.05, 0.1) is 24.5 Å². The topological polar surface area (TPSA) is 104 Å². The van der Waals surface area contributed by atoms with Crippen LogP contribution >= 0.6 is 11.6 Å². The van der Waals surface area contributed by atoms with Crippen LogP contribution < -0.4 is 5.32 Å². The molecule has 1 aromatic heterocycles. The highest BCUT2D eigenvalue weighted by Gasteiger charge is 2.20. The summed E-state index contributed by atoms with van der Waals surface area (Å²) in [5.41, 5.74) is 1.70. The van der Waals surface area contributed by atoms with Crippen LogP contribution in [0.25, 0.3) is 10.9 Å². The smallest absolute Gasteiger partial charge is 0.407 e. The molecule has 2 rings (SSSR count). The Balaban J connectivity index is 2.42. The number of ketones is 1. The first-order chi connectivity index (χ1) is 13.3. The van der Waals surface area contributed by atoms with Crippen LogP contribution in [0.5, 0.6) is 0 Å². The first-order valence-corrected chi connectivity index (χ1v) is 9.02. The van der Waals surface area contributed by atoms with Gasteiger partial charge in [-0.3, -0.25) is 19.0 Å². The number of nitrogens with zero attached hydrogens (tertiary/aromatic N) is 1. The molecule has 0 saturated heterocycles. The first-order valence-electron chi connectivity index (χ1n) is 8.48. The standard InChI is InChI=1S/C19H21ClN2O6/c1-11(23)22-9-14(6-15(10-28-12(2)24)21-19(26)27-3)16-5-4-13(7-17(16)22)18(25)8-20/h4-5,7,9,15H,6,8,10H2,1-3H3,(H,21,26)/t15-/m0/s1. The molecule has 1 heterocycles. The number of halogens is 1. The van der Waals surface area contributed by atoms with Crippen molar-refractivity contribution in [2.24, 2.45) is 0 Å². The van der Waals surface area contributed by atoms with Gasteiger partial charge in [-0.05, 0) is 18.1 Å². The number of esters is 1. The number of ether oxygens (including phenoxy) is 2. The van der Waals surface area contributed by atoms with Gasteiger partial charge in [-0.2, -0.15) is 0 Å². The highest BCUT2D eigenvalue weighted by atomic mass is 35.5. The molecule has 0 fully saturated rings. The predicted molar refractivity (Wildman–Crippen MR) is 103 cm³/mol. The fourth-order valence-electron chi connectivity index (χ4n) is 2.83. The number of hydrogen-bond acceptors (Lipinski definition) is 6. The van der Waals surface area contributed by atoms with Crippen molar-refractivity contribution >= 4 is 46.3 Å². The molecule has 0 aliphatic heterocycles. The number of nitrogens with one attached hydrogen (secondary N) is 1. The van der Waals surface area contributed by atoms with Crippen LogP contribution in [-0.4, -0.2) is 54.0 Å². The lowest BCUT2D eigenvalue weighted by Gasteiger charge is -2.17. The third kappa shape index (κ3) is 5.10. The summed E-state index contributed by atoms with van der Waals surface area (Å²) in [7, 11) is 1.23. The zero-order chi connectivity index (χ0) is 20.8. The average Bonchev–Trinajstić information content (AvgIpc) is 3.03. The van der Waals surface area contributed by atoms with E-state index in [9.17, 15) is 19.2 Å². The maximum absolute atomic E-state index is 12.0. The van der Waals surface area contributed by atoms with Crippen LogP contribution in [0.15, 0.2) is 24.4 Å². The van der Waals surface area contributed by atoms with E-state index in [0.717, 1.165) is 10.9 Å². The van der Waals surface area contributed by atoms with Gasteiger partial charge in [-0.15, -0.1) is 11.6 Å². The van der Waals surface area contributed by atoms with E-state index in [2.05, 4.69) is 10.1 Å². The summed E-state index contributed by atoms with van der Waals surface area (Å²) < 4.78 is 11.0. The minimum atomic E-state index is -0.664. The molecule has 0 aliphatic rings. The van der Waals surface area contributed by atoms with E-state index in [1.54, 1.807) is 24.4 Å². The van der Waals surface area contributed by atoms with Crippen molar-refractivity contribution in [3.8, 4) is 0 Å². The molecule has 8 nitrogen and oxygen atoms in total. The van der Waals surface area contributed by atoms with Crippen LogP contribution in [0.4, 0.5) is 4.79 Å². The van der Waals surface area contributed by atoms with E-state index in [1.165, 1.54) is 25.5 Å². The molecule has 9 heteroatoms. The van der Waals surface area contributed by atoms with E-state index in [0.29, 0.717) is 11.1 Å². The quantitative estimate of drug-likeness (QED) is 0.429. The van der Waals surface area contributed by atoms with Crippen molar-refractivity contribution in [3.05, 3.63) is 35.5 Å². The summed E-state index contributed by atoms with van der Waals surface area (Å²) >= 11 is 5.62. The van der Waals surface area contributed by atoms with Gasteiger partial charge in [0.2, 0.25) is 5.91 Å². The lowest BCUT2D eigenvalue weighted by Crippen LogP contribution is -2.40. The minimum Gasteiger partial charge on any atom is -0.464 e. The highest BCUT2D eigenvalue weighted by molar-refractivity contribution is 6.30. The average molecular weight is 409 g/mol. The number of carbonyl (C=O) groups excluding carboxylic acids is 4. The number of benzene rings is 1. The van der Waals surface area contributed by atoms with Crippen molar-refractivity contribution in [3.63, 3.8) is 0 Å². The fourth-order valence-corrected chi connectivity index (χ4v) is 2.99. The summed E-state index contributed by atoms with van der Waals surface area (Å²) in [5.74, 6) is -1.12. The summed E-state index contributed by atoms with van der Waals surface area (Å²) in [6.07, 6.45) is 1.26. The third-order valence-electron chi connectivity index (χ3n) is 4.13. The molecule has 0 aliphatic carbocycles. The number of amides is 1. The van der Waals surface area contributed by atoms with Crippen LogP contribution in [0.3, 0.4) is 0 Å². The lowest BCUT2D eigenvalue weighted by atomic mass is 10.0. The van der Waals surface area contributed by atoms with E-state index in [-0.39, 0.29) is 30.6 Å². The maximum atomic E-state index is 12.0. The zero-order valence-electron chi connectivity index (χ0n) is 15.8. The lowest BCUT2D eigenvalue weighted by molar-refractivity contribution is -0.141. The predicted octanol–water partition coefficient (Wildman–Crippen LogP) is 2.55. The van der Waals surface area contributed by atoms with Gasteiger partial charge in [0.15, 0.2) is 5.78 Å². The third-order valence-corrected chi connectivity index (χ3v) is 4.37. The number of hydrogen-bond donors (Lipinski definition) is 1. The molecule has 1 amide bonds. The second kappa shape index (κ2) is 9.36. The van der Waals surface area contributed by atoms with E-state index < -0.39 is 18.1 Å². The first kappa shape index (κ1) is 21.4. The summed E-state index contributed by atoms with van der Waals surface area (Å²) in [5, 5.41) is 3.35. The van der Waals surface area contributed by atoms with Crippen molar-refractivity contribution in [2.45, 2.75) is 26.3 Å². The molecule has 150 valence electrons. The van der Waals surface area contributed by atoms with Crippen molar-refractivity contribution < 1.29 is 28.7 Å². The van der Waals surface area contributed by atoms with Crippen LogP contribution in [0, 0.1) is 0 Å². The van der Waals surface area contributed by atoms with Gasteiger partial charge in [-0.25, -0.2) is 4.79 Å². The van der Waals surface area contributed by atoms with Gasteiger partial charge in [0, 0.05) is 31.0 Å². The molecule has 1 N–H and O–H groups in total. The molecule has 0 unspecified atom stereocenters. The van der Waals surface area contributed by atoms with E-state index in [1.807, 2.05) is 0 Å². The molecule has 0 radical (unpaired) electrons. The van der Waals surface area contributed by atoms with Gasteiger partial charge in [0.1, 0.15) is 6.61 Å². The maximum Gasteiger partial charge on any atom is 0.407 e. The summed E-state index contributed by atoms with van der Waals surface area (Å²) in [6.45, 7) is 2.62. The van der Waals surface area contributed by atoms with E-state index >= 15 is 0 Å². The number of alkyl halides is 1. The fraction of sp³-hybridized carbons (Fsp3) is 0.368. The Morgan fingerprint density at radius 2 is 1.93 bits per heavy atom. The molecule has 0 saturated carbocycles. The Hall–Kier alpha value is -2.87. The number of aromatic nitrogens is 1. The van der Waals surface area contributed by atoms with Crippen molar-refractivity contribution in [2.75, 3.05) is 19.6 Å². The normalized spacial score (nSPS) is 11.7. The van der Waals surface area contributed by atoms with Gasteiger partial charge < -0.3 is 14.8 Å². The highest BCUT2D eigenvalue weighted by Crippen LogP contribution is 2.25. The Kier molecular flexibility index (Phi) is 7.17. The Morgan fingerprint density at radius 3 is 2.50 bits per heavy atom. The summed E-state index contributed by atoms with van der Waals surface area (Å²) in [6, 6.07) is 4.41. The Labute approximate surface area is 166 Å². The number of methoxy groups -OCH3 is 1. The zero-order valence-corrected chi connectivity index (χ0v) is 16.5. The number of carbonyl (C=O) groups is 4. The summed E-state index contributed by atoms with van der Waals surface area (Å²) in [4.78, 5) is 46.7. The number of fused-ring (bicyclic) bond motifs is 1. The monoisotopic (exact) mass is 408 g/mol. The van der Waals surface area contributed by atoms with Crippen molar-refractivity contribution in [1.82, 2.24) is 9.88 Å². The Bertz CT molecular complexity index is 921. The van der Waals surface area contributed by atoms with Crippen LogP contribution in [-0.2, 0) is 20.7 Å². The SMILES string of the molecule is COC(=O)N[C@H](COC(C)=O)Cc1cn(C(C)=O)c2cc(C(=O)CCl)ccc12. The largest absolute Gasteiger partial charge is 0.464 e. The molecule has 0 spiro atoms. The van der Waals surface area contributed by atoms with Crippen LogP contribution in [0.2, 0.25) is 0 Å². The molecule has 1 aromatic carbocycles. The molecular weight excluding hydrogens is 388 g/mol. The number of Topliss-reactive ketones (excluding diaryl/α,β-unsaturated/α-hetero) is 1. The number of rotatable bonds is 7. The second-order valence-corrected chi connectivity index (χ2v) is 6.44. The van der Waals surface area contributed by atoms with Crippen molar-refractivity contribution in [1.29, 1.82) is 0 Å².